The lowest BCUT2D eigenvalue weighted by Gasteiger charge is -2.20. The molecule has 0 bridgehead atoms. The third-order valence-corrected chi connectivity index (χ3v) is 5.46. The van der Waals surface area contributed by atoms with Crippen molar-refractivity contribution >= 4 is 15.9 Å². The van der Waals surface area contributed by atoms with Crippen LogP contribution in [0.3, 0.4) is 0 Å². The van der Waals surface area contributed by atoms with Gasteiger partial charge in [-0.25, -0.2) is 13.1 Å². The summed E-state index contributed by atoms with van der Waals surface area (Å²) < 4.78 is 33.7. The monoisotopic (exact) mass is 376 g/mol. The molecule has 26 heavy (non-hydrogen) atoms. The van der Waals surface area contributed by atoms with Gasteiger partial charge in [0.1, 0.15) is 5.75 Å². The van der Waals surface area contributed by atoms with Gasteiger partial charge in [-0.1, -0.05) is 42.8 Å². The van der Waals surface area contributed by atoms with Crippen molar-refractivity contribution in [3.05, 3.63) is 59.7 Å². The third kappa shape index (κ3) is 5.06. The van der Waals surface area contributed by atoms with Crippen molar-refractivity contribution in [3.8, 4) is 5.75 Å². The summed E-state index contributed by atoms with van der Waals surface area (Å²) in [5.41, 5.74) is 1.68. The van der Waals surface area contributed by atoms with E-state index in [4.69, 9.17) is 4.74 Å². The van der Waals surface area contributed by atoms with Crippen LogP contribution in [0, 0.1) is 6.92 Å². The molecule has 6 nitrogen and oxygen atoms in total. The van der Waals surface area contributed by atoms with Crippen molar-refractivity contribution in [2.75, 3.05) is 13.7 Å². The van der Waals surface area contributed by atoms with Crippen LogP contribution in [0.5, 0.6) is 5.75 Å². The number of rotatable bonds is 8. The maximum Gasteiger partial charge on any atom is 0.257 e. The van der Waals surface area contributed by atoms with E-state index in [1.54, 1.807) is 42.5 Å². The van der Waals surface area contributed by atoms with Crippen LogP contribution in [0.15, 0.2) is 53.4 Å². The van der Waals surface area contributed by atoms with Crippen molar-refractivity contribution in [2.45, 2.75) is 31.2 Å². The van der Waals surface area contributed by atoms with Gasteiger partial charge in [-0.05, 0) is 31.5 Å². The quantitative estimate of drug-likeness (QED) is 0.741. The van der Waals surface area contributed by atoms with Crippen LogP contribution in [0.2, 0.25) is 0 Å². The molecule has 2 aromatic carbocycles. The summed E-state index contributed by atoms with van der Waals surface area (Å²) in [5.74, 6) is 0.225. The van der Waals surface area contributed by atoms with E-state index in [1.807, 2.05) is 19.9 Å². The molecular formula is C19H24N2O4S. The molecule has 0 spiro atoms. The zero-order valence-corrected chi connectivity index (χ0v) is 16.0. The van der Waals surface area contributed by atoms with Gasteiger partial charge in [-0.15, -0.1) is 0 Å². The zero-order chi connectivity index (χ0) is 19.2. The number of carbonyl (C=O) groups excluding carboxylic acids is 1. The average Bonchev–Trinajstić information content (AvgIpc) is 2.64. The van der Waals surface area contributed by atoms with Crippen molar-refractivity contribution in [1.29, 1.82) is 0 Å². The molecule has 0 unspecified atom stereocenters. The lowest BCUT2D eigenvalue weighted by Crippen LogP contribution is -2.29. The number of aryl methyl sites for hydroxylation is 1. The summed E-state index contributed by atoms with van der Waals surface area (Å²) in [4.78, 5) is 11.6. The number of ether oxygens (including phenoxy) is 1. The minimum Gasteiger partial charge on any atom is -0.483 e. The molecule has 0 aliphatic rings. The topological polar surface area (TPSA) is 84.5 Å². The molecular weight excluding hydrogens is 352 g/mol. The van der Waals surface area contributed by atoms with Crippen molar-refractivity contribution in [1.82, 2.24) is 10.0 Å². The van der Waals surface area contributed by atoms with Crippen LogP contribution in [0.25, 0.3) is 0 Å². The first kappa shape index (κ1) is 19.9. The molecule has 1 amide bonds. The van der Waals surface area contributed by atoms with Crippen LogP contribution < -0.4 is 14.8 Å². The molecule has 0 fully saturated rings. The number of amides is 1. The Bertz CT molecular complexity index is 848. The highest BCUT2D eigenvalue weighted by atomic mass is 32.2. The molecule has 0 saturated carbocycles. The molecule has 140 valence electrons. The number of carbonyl (C=O) groups is 1. The maximum atomic E-state index is 12.7. The smallest absolute Gasteiger partial charge is 0.257 e. The lowest BCUT2D eigenvalue weighted by atomic mass is 10.0. The second kappa shape index (κ2) is 8.82. The molecule has 2 aromatic rings. The second-order valence-electron chi connectivity index (χ2n) is 5.89. The Morgan fingerprint density at radius 1 is 1.12 bits per heavy atom. The van der Waals surface area contributed by atoms with E-state index in [-0.39, 0.29) is 17.4 Å². The summed E-state index contributed by atoms with van der Waals surface area (Å²) in [5, 5.41) is 2.49. The third-order valence-electron chi connectivity index (χ3n) is 3.97. The standard InChI is InChI=1S/C19H24N2O4S/c1-4-17(21-26(23,24)15-11-9-14(2)10-12-15)16-7-5-6-8-18(16)25-13-19(22)20-3/h5-12,17,21H,4,13H2,1-3H3,(H,20,22)/t17-/m1/s1. The van der Waals surface area contributed by atoms with Crippen molar-refractivity contribution in [2.24, 2.45) is 0 Å². The van der Waals surface area contributed by atoms with Crippen molar-refractivity contribution < 1.29 is 17.9 Å². The molecule has 0 saturated heterocycles. The van der Waals surface area contributed by atoms with Gasteiger partial charge in [0, 0.05) is 12.6 Å². The Morgan fingerprint density at radius 2 is 1.77 bits per heavy atom. The van der Waals surface area contributed by atoms with Gasteiger partial charge in [-0.3, -0.25) is 4.79 Å². The predicted octanol–water partition coefficient (Wildman–Crippen LogP) is 2.55. The van der Waals surface area contributed by atoms with Gasteiger partial charge < -0.3 is 10.1 Å². The number of hydrogen-bond donors (Lipinski definition) is 2. The highest BCUT2D eigenvalue weighted by Crippen LogP contribution is 2.28. The zero-order valence-electron chi connectivity index (χ0n) is 15.2. The van der Waals surface area contributed by atoms with Gasteiger partial charge in [0.15, 0.2) is 6.61 Å². The summed E-state index contributed by atoms with van der Waals surface area (Å²) in [7, 11) is -2.14. The fourth-order valence-corrected chi connectivity index (χ4v) is 3.75. The molecule has 2 N–H and O–H groups in total. The minimum atomic E-state index is -3.67. The summed E-state index contributed by atoms with van der Waals surface area (Å²) in [6, 6.07) is 13.3. The van der Waals surface area contributed by atoms with Gasteiger partial charge in [0.05, 0.1) is 10.9 Å². The highest BCUT2D eigenvalue weighted by Gasteiger charge is 2.22. The van der Waals surface area contributed by atoms with Crippen LogP contribution in [-0.2, 0) is 14.8 Å². The van der Waals surface area contributed by atoms with Crippen LogP contribution in [0.4, 0.5) is 0 Å². The number of para-hydroxylation sites is 1. The van der Waals surface area contributed by atoms with Gasteiger partial charge in [-0.2, -0.15) is 0 Å². The molecule has 0 aliphatic carbocycles. The molecule has 0 heterocycles. The van der Waals surface area contributed by atoms with E-state index in [0.717, 1.165) is 5.56 Å². The lowest BCUT2D eigenvalue weighted by molar-refractivity contribution is -0.122. The van der Waals surface area contributed by atoms with Crippen LogP contribution >= 0.6 is 0 Å². The van der Waals surface area contributed by atoms with E-state index in [1.165, 1.54) is 7.05 Å². The molecule has 1 atom stereocenters. The van der Waals surface area contributed by atoms with Gasteiger partial charge in [0.25, 0.3) is 5.91 Å². The molecule has 2 rings (SSSR count). The first-order valence-corrected chi connectivity index (χ1v) is 9.87. The van der Waals surface area contributed by atoms with Gasteiger partial charge >= 0.3 is 0 Å². The number of benzene rings is 2. The van der Waals surface area contributed by atoms with Crippen molar-refractivity contribution in [3.63, 3.8) is 0 Å². The largest absolute Gasteiger partial charge is 0.483 e. The fraction of sp³-hybridized carbons (Fsp3) is 0.316. The Balaban J connectivity index is 2.25. The molecule has 0 aromatic heterocycles. The molecule has 0 aliphatic heterocycles. The predicted molar refractivity (Wildman–Crippen MR) is 101 cm³/mol. The maximum absolute atomic E-state index is 12.7. The van der Waals surface area contributed by atoms with Crippen LogP contribution in [-0.4, -0.2) is 28.0 Å². The van der Waals surface area contributed by atoms with Gasteiger partial charge in [0.2, 0.25) is 10.0 Å². The Labute approximate surface area is 154 Å². The number of nitrogens with one attached hydrogen (secondary N) is 2. The molecule has 0 radical (unpaired) electrons. The summed E-state index contributed by atoms with van der Waals surface area (Å²) in [6.07, 6.45) is 0.533. The van der Waals surface area contributed by atoms with E-state index in [2.05, 4.69) is 10.0 Å². The van der Waals surface area contributed by atoms with Crippen LogP contribution in [0.1, 0.15) is 30.5 Å². The van der Waals surface area contributed by atoms with E-state index in [0.29, 0.717) is 17.7 Å². The SMILES string of the molecule is CC[C@@H](NS(=O)(=O)c1ccc(C)cc1)c1ccccc1OCC(=O)NC. The number of likely N-dealkylation sites (N-methyl/N-ethyl adjacent to an activating group) is 1. The van der Waals surface area contributed by atoms with E-state index in [9.17, 15) is 13.2 Å². The number of sulfonamides is 1. The Hall–Kier alpha value is -2.38. The summed E-state index contributed by atoms with van der Waals surface area (Å²) >= 11 is 0. The normalized spacial score (nSPS) is 12.4. The molecule has 7 heteroatoms. The summed E-state index contributed by atoms with van der Waals surface area (Å²) in [6.45, 7) is 3.66. The minimum absolute atomic E-state index is 0.130. The first-order chi connectivity index (χ1) is 12.4. The van der Waals surface area contributed by atoms with E-state index < -0.39 is 16.1 Å². The first-order valence-electron chi connectivity index (χ1n) is 8.38. The van der Waals surface area contributed by atoms with E-state index >= 15 is 0 Å². The second-order valence-corrected chi connectivity index (χ2v) is 7.61. The Morgan fingerprint density at radius 3 is 2.38 bits per heavy atom. The fourth-order valence-electron chi connectivity index (χ4n) is 2.45. The highest BCUT2D eigenvalue weighted by molar-refractivity contribution is 7.89. The average molecular weight is 376 g/mol. The number of hydrogen-bond acceptors (Lipinski definition) is 4. The Kier molecular flexibility index (Phi) is 6.76.